The summed E-state index contributed by atoms with van der Waals surface area (Å²) in [6.07, 6.45) is 0.952. The Morgan fingerprint density at radius 1 is 1.25 bits per heavy atom. The van der Waals surface area contributed by atoms with E-state index >= 15 is 0 Å². The summed E-state index contributed by atoms with van der Waals surface area (Å²) in [5.41, 5.74) is -1.14. The van der Waals surface area contributed by atoms with E-state index < -0.39 is 11.2 Å². The highest BCUT2D eigenvalue weighted by molar-refractivity contribution is 5.68. The van der Waals surface area contributed by atoms with Gasteiger partial charge in [0, 0.05) is 19.6 Å². The van der Waals surface area contributed by atoms with Crippen LogP contribution in [0.4, 0.5) is 4.79 Å². The molecule has 0 radical (unpaired) electrons. The zero-order chi connectivity index (χ0) is 15.4. The molecule has 118 valence electrons. The molecule has 1 aliphatic rings. The van der Waals surface area contributed by atoms with Gasteiger partial charge < -0.3 is 19.6 Å². The van der Waals surface area contributed by atoms with E-state index in [-0.39, 0.29) is 6.09 Å². The SMILES string of the molecule is CCN(CC)CC1(O)CCN(C(=O)OC(C)(C)C)CC1. The van der Waals surface area contributed by atoms with Crippen molar-refractivity contribution in [1.29, 1.82) is 0 Å². The lowest BCUT2D eigenvalue weighted by molar-refractivity contribution is -0.0488. The quantitative estimate of drug-likeness (QED) is 0.860. The lowest BCUT2D eigenvalue weighted by Gasteiger charge is -2.40. The van der Waals surface area contributed by atoms with Gasteiger partial charge in [-0.3, -0.25) is 0 Å². The van der Waals surface area contributed by atoms with Crippen LogP contribution in [0, 0.1) is 0 Å². The second-order valence-corrected chi connectivity index (χ2v) is 6.65. The first-order valence-electron chi connectivity index (χ1n) is 7.62. The molecule has 1 rings (SSSR count). The maximum Gasteiger partial charge on any atom is 0.410 e. The fourth-order valence-electron chi connectivity index (χ4n) is 2.45. The number of amides is 1. The molecule has 1 saturated heterocycles. The highest BCUT2D eigenvalue weighted by Crippen LogP contribution is 2.24. The van der Waals surface area contributed by atoms with Crippen molar-refractivity contribution in [2.24, 2.45) is 0 Å². The molecular weight excluding hydrogens is 256 g/mol. The van der Waals surface area contributed by atoms with Crippen LogP contribution < -0.4 is 0 Å². The average molecular weight is 286 g/mol. The van der Waals surface area contributed by atoms with Gasteiger partial charge in [-0.05, 0) is 46.7 Å². The summed E-state index contributed by atoms with van der Waals surface area (Å²) in [6, 6.07) is 0. The predicted molar refractivity (Wildman–Crippen MR) is 79.8 cm³/mol. The Morgan fingerprint density at radius 3 is 2.15 bits per heavy atom. The molecule has 20 heavy (non-hydrogen) atoms. The minimum Gasteiger partial charge on any atom is -0.444 e. The van der Waals surface area contributed by atoms with E-state index in [1.165, 1.54) is 0 Å². The fraction of sp³-hybridized carbons (Fsp3) is 0.933. The number of rotatable bonds is 4. The minimum absolute atomic E-state index is 0.276. The highest BCUT2D eigenvalue weighted by Gasteiger charge is 2.36. The number of piperidine rings is 1. The molecule has 1 aliphatic heterocycles. The molecule has 0 spiro atoms. The van der Waals surface area contributed by atoms with Gasteiger partial charge in [-0.1, -0.05) is 13.8 Å². The number of carbonyl (C=O) groups excluding carboxylic acids is 1. The second kappa shape index (κ2) is 6.76. The van der Waals surface area contributed by atoms with E-state index in [1.54, 1.807) is 4.90 Å². The van der Waals surface area contributed by atoms with Crippen molar-refractivity contribution in [3.63, 3.8) is 0 Å². The van der Waals surface area contributed by atoms with Crippen LogP contribution in [0.25, 0.3) is 0 Å². The maximum atomic E-state index is 12.0. The Morgan fingerprint density at radius 2 is 1.75 bits per heavy atom. The Bertz CT molecular complexity index is 314. The van der Waals surface area contributed by atoms with Gasteiger partial charge in [0.15, 0.2) is 0 Å². The molecule has 1 amide bonds. The van der Waals surface area contributed by atoms with E-state index in [2.05, 4.69) is 18.7 Å². The lowest BCUT2D eigenvalue weighted by atomic mass is 9.91. The largest absolute Gasteiger partial charge is 0.444 e. The first kappa shape index (κ1) is 17.2. The van der Waals surface area contributed by atoms with Crippen molar-refractivity contribution in [3.05, 3.63) is 0 Å². The smallest absolute Gasteiger partial charge is 0.410 e. The molecule has 0 aromatic rings. The van der Waals surface area contributed by atoms with Gasteiger partial charge >= 0.3 is 6.09 Å². The van der Waals surface area contributed by atoms with Gasteiger partial charge in [-0.15, -0.1) is 0 Å². The zero-order valence-corrected chi connectivity index (χ0v) is 13.6. The van der Waals surface area contributed by atoms with E-state index in [0.717, 1.165) is 13.1 Å². The molecule has 0 atom stereocenters. The van der Waals surface area contributed by atoms with Gasteiger partial charge in [0.2, 0.25) is 0 Å². The lowest BCUT2D eigenvalue weighted by Crippen LogP contribution is -2.52. The number of hydrogen-bond acceptors (Lipinski definition) is 4. The molecule has 0 aromatic carbocycles. The van der Waals surface area contributed by atoms with Crippen molar-refractivity contribution < 1.29 is 14.6 Å². The summed E-state index contributed by atoms with van der Waals surface area (Å²) in [6.45, 7) is 13.5. The van der Waals surface area contributed by atoms with E-state index in [9.17, 15) is 9.90 Å². The Hall–Kier alpha value is -0.810. The number of likely N-dealkylation sites (tertiary alicyclic amines) is 1. The van der Waals surface area contributed by atoms with Gasteiger partial charge in [0.05, 0.1) is 5.60 Å². The predicted octanol–water partition coefficient (Wildman–Crippen LogP) is 2.09. The zero-order valence-electron chi connectivity index (χ0n) is 13.6. The van der Waals surface area contributed by atoms with Gasteiger partial charge in [0.1, 0.15) is 5.60 Å². The van der Waals surface area contributed by atoms with Gasteiger partial charge in [-0.2, -0.15) is 0 Å². The van der Waals surface area contributed by atoms with Crippen LogP contribution in [-0.2, 0) is 4.74 Å². The van der Waals surface area contributed by atoms with Gasteiger partial charge in [-0.25, -0.2) is 4.79 Å². The van der Waals surface area contributed by atoms with Crippen LogP contribution in [0.5, 0.6) is 0 Å². The molecule has 1 fully saturated rings. The first-order valence-corrected chi connectivity index (χ1v) is 7.62. The standard InChI is InChI=1S/C15H30N2O3/c1-6-16(7-2)12-15(19)8-10-17(11-9-15)13(18)20-14(3,4)5/h19H,6-12H2,1-5H3. The Kier molecular flexibility index (Phi) is 5.83. The average Bonchev–Trinajstić information content (AvgIpc) is 2.34. The number of nitrogens with zero attached hydrogens (tertiary/aromatic N) is 2. The monoisotopic (exact) mass is 286 g/mol. The molecular formula is C15H30N2O3. The number of likely N-dealkylation sites (N-methyl/N-ethyl adjacent to an activating group) is 1. The Labute approximate surface area is 122 Å². The summed E-state index contributed by atoms with van der Waals surface area (Å²) >= 11 is 0. The van der Waals surface area contributed by atoms with Crippen LogP contribution in [0.1, 0.15) is 47.5 Å². The van der Waals surface area contributed by atoms with Crippen LogP contribution in [0.3, 0.4) is 0 Å². The molecule has 5 heteroatoms. The summed E-state index contributed by atoms with van der Waals surface area (Å²) in [5, 5.41) is 10.6. The van der Waals surface area contributed by atoms with Crippen molar-refractivity contribution in [3.8, 4) is 0 Å². The van der Waals surface area contributed by atoms with Crippen LogP contribution in [-0.4, -0.2) is 64.9 Å². The summed E-state index contributed by atoms with van der Waals surface area (Å²) in [4.78, 5) is 15.9. The molecule has 0 aromatic heterocycles. The molecule has 5 nitrogen and oxygen atoms in total. The Balaban J connectivity index is 2.48. The second-order valence-electron chi connectivity index (χ2n) is 6.65. The van der Waals surface area contributed by atoms with Crippen molar-refractivity contribution in [1.82, 2.24) is 9.80 Å². The van der Waals surface area contributed by atoms with Crippen molar-refractivity contribution >= 4 is 6.09 Å². The number of aliphatic hydroxyl groups is 1. The summed E-state index contributed by atoms with van der Waals surface area (Å²) in [5.74, 6) is 0. The first-order chi connectivity index (χ1) is 9.19. The highest BCUT2D eigenvalue weighted by atomic mass is 16.6. The van der Waals surface area contributed by atoms with E-state index in [1.807, 2.05) is 20.8 Å². The third kappa shape index (κ3) is 5.29. The van der Waals surface area contributed by atoms with E-state index in [4.69, 9.17) is 4.74 Å². The molecule has 0 saturated carbocycles. The van der Waals surface area contributed by atoms with Crippen LogP contribution in [0.15, 0.2) is 0 Å². The third-order valence-electron chi connectivity index (χ3n) is 3.76. The molecule has 1 heterocycles. The van der Waals surface area contributed by atoms with E-state index in [0.29, 0.717) is 32.5 Å². The number of ether oxygens (including phenoxy) is 1. The number of hydrogen-bond donors (Lipinski definition) is 1. The minimum atomic E-state index is -0.676. The fourth-order valence-corrected chi connectivity index (χ4v) is 2.45. The molecule has 0 unspecified atom stereocenters. The van der Waals surface area contributed by atoms with Crippen molar-refractivity contribution in [2.45, 2.75) is 58.7 Å². The normalized spacial score (nSPS) is 19.2. The van der Waals surface area contributed by atoms with Crippen molar-refractivity contribution in [2.75, 3.05) is 32.7 Å². The van der Waals surface area contributed by atoms with Crippen LogP contribution >= 0.6 is 0 Å². The van der Waals surface area contributed by atoms with Crippen LogP contribution in [0.2, 0.25) is 0 Å². The third-order valence-corrected chi connectivity index (χ3v) is 3.76. The van der Waals surface area contributed by atoms with Gasteiger partial charge in [0.25, 0.3) is 0 Å². The maximum absolute atomic E-state index is 12.0. The molecule has 0 bridgehead atoms. The summed E-state index contributed by atoms with van der Waals surface area (Å²) in [7, 11) is 0. The molecule has 0 aliphatic carbocycles. The topological polar surface area (TPSA) is 53.0 Å². The summed E-state index contributed by atoms with van der Waals surface area (Å²) < 4.78 is 5.36. The number of carbonyl (C=O) groups is 1. The molecule has 1 N–H and O–H groups in total.